The Kier molecular flexibility index (Phi) is 6.52. The third kappa shape index (κ3) is 5.42. The minimum Gasteiger partial charge on any atom is -0.475 e. The summed E-state index contributed by atoms with van der Waals surface area (Å²) in [5, 5.41) is 7.12. The molecule has 4 N–H and O–H groups in total. The van der Waals surface area contributed by atoms with Crippen LogP contribution in [0, 0.1) is 0 Å². The third-order valence-electron chi connectivity index (χ3n) is 2.28. The summed E-state index contributed by atoms with van der Waals surface area (Å²) in [6, 6.07) is 0.508. The van der Waals surface area contributed by atoms with Crippen molar-refractivity contribution in [3.63, 3.8) is 0 Å². The number of carboxylic acids is 1. The molecule has 0 aliphatic heterocycles. The molecule has 0 aromatic carbocycles. The van der Waals surface area contributed by atoms with Crippen molar-refractivity contribution >= 4 is 23.0 Å². The SMILES string of the molecule is COCCOc1nc(N)c2nc(OC)[nH]c2n1.O=C(O)C(F)(F)F. The van der Waals surface area contributed by atoms with E-state index in [4.69, 9.17) is 29.8 Å². The number of aromatic amines is 1. The number of anilines is 1. The summed E-state index contributed by atoms with van der Waals surface area (Å²) in [5.74, 6) is -2.52. The van der Waals surface area contributed by atoms with E-state index in [0.29, 0.717) is 30.4 Å². The van der Waals surface area contributed by atoms with Crippen molar-refractivity contribution < 1.29 is 37.3 Å². The Morgan fingerprint density at radius 2 is 1.88 bits per heavy atom. The summed E-state index contributed by atoms with van der Waals surface area (Å²) in [5.41, 5.74) is 6.66. The number of halogens is 3. The molecule has 0 saturated heterocycles. The number of aliphatic carboxylic acids is 1. The van der Waals surface area contributed by atoms with Gasteiger partial charge in [-0.2, -0.15) is 28.1 Å². The summed E-state index contributed by atoms with van der Waals surface area (Å²) in [6.07, 6.45) is -5.08. The predicted molar refractivity (Wildman–Crippen MR) is 73.7 cm³/mol. The maximum atomic E-state index is 10.6. The molecule has 24 heavy (non-hydrogen) atoms. The van der Waals surface area contributed by atoms with Gasteiger partial charge in [0, 0.05) is 7.11 Å². The smallest absolute Gasteiger partial charge is 0.475 e. The fraction of sp³-hybridized carbons (Fsp3) is 0.455. The lowest BCUT2D eigenvalue weighted by atomic mass is 10.5. The van der Waals surface area contributed by atoms with E-state index >= 15 is 0 Å². The van der Waals surface area contributed by atoms with Gasteiger partial charge in [-0.1, -0.05) is 0 Å². The lowest BCUT2D eigenvalue weighted by molar-refractivity contribution is -0.192. The Morgan fingerprint density at radius 1 is 1.25 bits per heavy atom. The van der Waals surface area contributed by atoms with Gasteiger partial charge < -0.3 is 25.1 Å². The summed E-state index contributed by atoms with van der Waals surface area (Å²) in [6.45, 7) is 0.806. The molecule has 0 fully saturated rings. The van der Waals surface area contributed by atoms with E-state index in [0.717, 1.165) is 0 Å². The Bertz CT molecular complexity index is 690. The predicted octanol–water partition coefficient (Wildman–Crippen LogP) is 0.602. The highest BCUT2D eigenvalue weighted by molar-refractivity contribution is 5.82. The van der Waals surface area contributed by atoms with Gasteiger partial charge in [0.25, 0.3) is 6.01 Å². The molecule has 2 aromatic heterocycles. The first kappa shape index (κ1) is 19.2. The normalized spacial score (nSPS) is 10.9. The van der Waals surface area contributed by atoms with Gasteiger partial charge in [-0.25, -0.2) is 4.79 Å². The Labute approximate surface area is 132 Å². The van der Waals surface area contributed by atoms with Gasteiger partial charge in [0.2, 0.25) is 0 Å². The number of ether oxygens (including phenoxy) is 3. The van der Waals surface area contributed by atoms with Crippen LogP contribution in [0.1, 0.15) is 0 Å². The van der Waals surface area contributed by atoms with Crippen molar-refractivity contribution in [2.24, 2.45) is 0 Å². The molecule has 134 valence electrons. The number of aromatic nitrogens is 4. The second kappa shape index (κ2) is 8.14. The number of imidazole rings is 1. The molecule has 2 rings (SSSR count). The first-order chi connectivity index (χ1) is 11.2. The van der Waals surface area contributed by atoms with E-state index < -0.39 is 12.1 Å². The molecule has 0 aliphatic carbocycles. The number of nitrogens with one attached hydrogen (secondary N) is 1. The molecule has 0 amide bonds. The number of hydrogen-bond donors (Lipinski definition) is 3. The van der Waals surface area contributed by atoms with Crippen LogP contribution >= 0.6 is 0 Å². The van der Waals surface area contributed by atoms with Crippen LogP contribution in [0.15, 0.2) is 0 Å². The largest absolute Gasteiger partial charge is 0.490 e. The number of carbonyl (C=O) groups is 1. The third-order valence-corrected chi connectivity index (χ3v) is 2.28. The van der Waals surface area contributed by atoms with Crippen LogP contribution < -0.4 is 15.2 Å². The summed E-state index contributed by atoms with van der Waals surface area (Å²) in [7, 11) is 3.08. The van der Waals surface area contributed by atoms with Gasteiger partial charge in [-0.15, -0.1) is 0 Å². The number of H-pyrrole nitrogens is 1. The van der Waals surface area contributed by atoms with Gasteiger partial charge >= 0.3 is 18.2 Å². The quantitative estimate of drug-likeness (QED) is 0.658. The van der Waals surface area contributed by atoms with E-state index in [1.807, 2.05) is 0 Å². The maximum Gasteiger partial charge on any atom is 0.490 e. The number of nitrogen functional groups attached to an aromatic ring is 1. The Morgan fingerprint density at radius 3 is 2.38 bits per heavy atom. The van der Waals surface area contributed by atoms with E-state index in [9.17, 15) is 13.2 Å². The van der Waals surface area contributed by atoms with Crippen molar-refractivity contribution in [1.82, 2.24) is 19.9 Å². The van der Waals surface area contributed by atoms with Gasteiger partial charge in [0.15, 0.2) is 17.0 Å². The van der Waals surface area contributed by atoms with E-state index in [-0.39, 0.29) is 11.8 Å². The van der Waals surface area contributed by atoms with Crippen molar-refractivity contribution in [2.75, 3.05) is 33.2 Å². The number of hydrogen-bond acceptors (Lipinski definition) is 8. The number of rotatable bonds is 5. The van der Waals surface area contributed by atoms with E-state index in [1.54, 1.807) is 7.11 Å². The maximum absolute atomic E-state index is 10.6. The number of nitrogens with two attached hydrogens (primary N) is 1. The average molecular weight is 353 g/mol. The van der Waals surface area contributed by atoms with Crippen LogP contribution in [0.25, 0.3) is 11.2 Å². The second-order valence-electron chi connectivity index (χ2n) is 3.98. The molecule has 0 saturated carbocycles. The van der Waals surface area contributed by atoms with Gasteiger partial charge in [0.1, 0.15) is 6.61 Å². The number of fused-ring (bicyclic) bond motifs is 1. The molecule has 0 bridgehead atoms. The number of nitrogens with zero attached hydrogens (tertiary/aromatic N) is 3. The molecule has 0 atom stereocenters. The minimum atomic E-state index is -5.08. The Balaban J connectivity index is 0.000000351. The summed E-state index contributed by atoms with van der Waals surface area (Å²) < 4.78 is 46.8. The van der Waals surface area contributed by atoms with Crippen LogP contribution in [0.2, 0.25) is 0 Å². The van der Waals surface area contributed by atoms with E-state index in [1.165, 1.54) is 7.11 Å². The van der Waals surface area contributed by atoms with Gasteiger partial charge in [0.05, 0.1) is 13.7 Å². The first-order valence-electron chi connectivity index (χ1n) is 6.18. The van der Waals surface area contributed by atoms with Gasteiger partial charge in [-0.05, 0) is 0 Å². The highest BCUT2D eigenvalue weighted by atomic mass is 19.4. The van der Waals surface area contributed by atoms with Crippen LogP contribution in [0.5, 0.6) is 12.0 Å². The molecule has 2 heterocycles. The molecule has 10 nitrogen and oxygen atoms in total. The molecule has 0 aliphatic rings. The van der Waals surface area contributed by atoms with Crippen molar-refractivity contribution in [3.05, 3.63) is 0 Å². The molecule has 0 spiro atoms. The van der Waals surface area contributed by atoms with Crippen molar-refractivity contribution in [3.8, 4) is 12.0 Å². The van der Waals surface area contributed by atoms with Crippen LogP contribution in [-0.2, 0) is 9.53 Å². The monoisotopic (exact) mass is 353 g/mol. The molecular formula is C11H14F3N5O5. The van der Waals surface area contributed by atoms with Gasteiger partial charge in [-0.3, -0.25) is 4.98 Å². The average Bonchev–Trinajstić information content (AvgIpc) is 2.91. The lowest BCUT2D eigenvalue weighted by Crippen LogP contribution is -2.21. The van der Waals surface area contributed by atoms with Crippen molar-refractivity contribution in [1.29, 1.82) is 0 Å². The Hall–Kier alpha value is -2.83. The minimum absolute atomic E-state index is 0.179. The van der Waals surface area contributed by atoms with Crippen LogP contribution in [-0.4, -0.2) is 64.6 Å². The van der Waals surface area contributed by atoms with Crippen molar-refractivity contribution in [2.45, 2.75) is 6.18 Å². The number of methoxy groups -OCH3 is 2. The highest BCUT2D eigenvalue weighted by Crippen LogP contribution is 2.20. The molecule has 2 aromatic rings. The highest BCUT2D eigenvalue weighted by Gasteiger charge is 2.38. The molecular weight excluding hydrogens is 339 g/mol. The van der Waals surface area contributed by atoms with Crippen LogP contribution in [0.4, 0.5) is 19.0 Å². The molecule has 0 unspecified atom stereocenters. The molecule has 13 heteroatoms. The lowest BCUT2D eigenvalue weighted by Gasteiger charge is -2.03. The fourth-order valence-corrected chi connectivity index (χ4v) is 1.26. The molecule has 0 radical (unpaired) electrons. The van der Waals surface area contributed by atoms with E-state index in [2.05, 4.69) is 19.9 Å². The second-order valence-corrected chi connectivity index (χ2v) is 3.98. The first-order valence-corrected chi connectivity index (χ1v) is 6.18. The number of alkyl halides is 3. The summed E-state index contributed by atoms with van der Waals surface area (Å²) >= 11 is 0. The van der Waals surface area contributed by atoms with Crippen LogP contribution in [0.3, 0.4) is 0 Å². The topological polar surface area (TPSA) is 145 Å². The zero-order valence-electron chi connectivity index (χ0n) is 12.5. The number of carboxylic acid groups (broad SMARTS) is 1. The fourth-order valence-electron chi connectivity index (χ4n) is 1.26. The standard InChI is InChI=1S/C9H13N5O3.C2HF3O2/c1-15-3-4-17-9-12-6(10)5-7(14-9)13-8(11-5)16-2;3-2(4,5)1(6)7/h3-4H2,1-2H3,(H3,10,11,12,13,14);(H,6,7). The zero-order chi connectivity index (χ0) is 18.3. The zero-order valence-corrected chi connectivity index (χ0v) is 12.5. The summed E-state index contributed by atoms with van der Waals surface area (Å²) in [4.78, 5) is 23.9.